The molecule has 7 heteroatoms. The van der Waals surface area contributed by atoms with Gasteiger partial charge in [-0.05, 0) is 0 Å². The van der Waals surface area contributed by atoms with Gasteiger partial charge >= 0.3 is 49.5 Å². The van der Waals surface area contributed by atoms with Gasteiger partial charge in [0, 0.05) is 0 Å². The molecule has 0 heterocycles. The summed E-state index contributed by atoms with van der Waals surface area (Å²) in [5.74, 6) is 0. The van der Waals surface area contributed by atoms with Crippen molar-refractivity contribution >= 4 is 24.9 Å². The summed E-state index contributed by atoms with van der Waals surface area (Å²) in [5.41, 5.74) is 0. The first-order valence-corrected chi connectivity index (χ1v) is 19.1. The maximum absolute atomic E-state index is 5.43. The molecule has 0 aliphatic heterocycles. The van der Waals surface area contributed by atoms with Crippen molar-refractivity contribution in [2.24, 2.45) is 0 Å². The van der Waals surface area contributed by atoms with E-state index in [1.165, 1.54) is 0 Å². The molecule has 7 heavy (non-hydrogen) atoms. The minimum absolute atomic E-state index is 5.06. The van der Waals surface area contributed by atoms with E-state index in [2.05, 4.69) is 0 Å². The SMILES string of the molecule is [Cl][Eu]([Cl])([Cl])([Cl])([Cl])[Cl]. The number of hydrogen-bond donors (Lipinski definition) is 0. The Labute approximate surface area is 47.0 Å². The second kappa shape index (κ2) is 1.92. The van der Waals surface area contributed by atoms with Crippen molar-refractivity contribution in [3.05, 3.63) is 0 Å². The molecule has 0 nitrogen and oxygen atoms in total. The predicted molar refractivity (Wildman–Crippen MR) is 35.1 cm³/mol. The summed E-state index contributed by atoms with van der Waals surface area (Å²) in [6.45, 7) is 0. The second-order valence-corrected chi connectivity index (χ2v) is 54.1. The zero-order valence-electron chi connectivity index (χ0n) is 2.65. The van der Waals surface area contributed by atoms with Crippen LogP contribution in [0.15, 0.2) is 0 Å². The monoisotopic (exact) mass is 363 g/mol. The fraction of sp³-hybridized carbons (Fsp3) is 0. The van der Waals surface area contributed by atoms with Crippen LogP contribution >= 0.6 is 24.9 Å². The minimum atomic E-state index is -5.43. The Bertz CT molecular complexity index is 62.7. The zero-order chi connectivity index (χ0) is 6.41. The van der Waals surface area contributed by atoms with Crippen molar-refractivity contribution < 1.29 is 24.6 Å². The molecule has 49 valence electrons. The molecule has 0 spiro atoms. The summed E-state index contributed by atoms with van der Waals surface area (Å²) < 4.78 is 30.4. The van der Waals surface area contributed by atoms with Crippen LogP contribution in [0, 0.1) is 24.6 Å². The zero-order valence-corrected chi connectivity index (χ0v) is 9.61. The van der Waals surface area contributed by atoms with E-state index in [1.807, 2.05) is 0 Å². The molecule has 0 atom stereocenters. The molecule has 0 aromatic carbocycles. The summed E-state index contributed by atoms with van der Waals surface area (Å²) >= 11 is -5.43. The Kier molecular flexibility index (Phi) is 2.84. The molecule has 0 aromatic heterocycles. The van der Waals surface area contributed by atoms with Gasteiger partial charge in [0.15, 0.2) is 0 Å². The average Bonchev–Trinajstić information content (AvgIpc) is 0.592. The molecule has 0 aliphatic carbocycles. The molecule has 0 radical (unpaired) electrons. The van der Waals surface area contributed by atoms with Crippen LogP contribution in [0.2, 0.25) is 0 Å². The van der Waals surface area contributed by atoms with E-state index in [1.54, 1.807) is 0 Å². The third-order valence-corrected chi connectivity index (χ3v) is 0. The van der Waals surface area contributed by atoms with Crippen LogP contribution in [-0.4, -0.2) is 0 Å². The maximum atomic E-state index is 5.06. The van der Waals surface area contributed by atoms with E-state index >= 15 is 0 Å². The van der Waals surface area contributed by atoms with Crippen molar-refractivity contribution in [1.82, 2.24) is 0 Å². The molecule has 0 fully saturated rings. The van der Waals surface area contributed by atoms with Gasteiger partial charge in [-0.1, -0.05) is 0 Å². The number of halogens is 6. The second-order valence-electron chi connectivity index (χ2n) is 0.810. The number of rotatable bonds is 0. The molecule has 0 aromatic rings. The Morgan fingerprint density at radius 1 is 0.571 bits per heavy atom. The Balaban J connectivity index is 4.43. The first-order chi connectivity index (χ1) is 2.45. The average molecular weight is 365 g/mol. The van der Waals surface area contributed by atoms with Gasteiger partial charge in [-0.3, -0.25) is 0 Å². The van der Waals surface area contributed by atoms with E-state index in [0.717, 1.165) is 0 Å². The van der Waals surface area contributed by atoms with Crippen LogP contribution in [0.4, 0.5) is 0 Å². The topological polar surface area (TPSA) is 0 Å². The summed E-state index contributed by atoms with van der Waals surface area (Å²) in [6, 6.07) is 0. The third-order valence-electron chi connectivity index (χ3n) is 0. The summed E-state index contributed by atoms with van der Waals surface area (Å²) in [7, 11) is 0. The van der Waals surface area contributed by atoms with Crippen LogP contribution in [0.3, 0.4) is 0 Å². The van der Waals surface area contributed by atoms with Gasteiger partial charge in [0.1, 0.15) is 0 Å². The van der Waals surface area contributed by atoms with Gasteiger partial charge in [0.25, 0.3) is 0 Å². The molecular weight excluding hydrogens is 365 g/mol. The van der Waals surface area contributed by atoms with Crippen LogP contribution in [0.5, 0.6) is 0 Å². The summed E-state index contributed by atoms with van der Waals surface area (Å²) in [4.78, 5) is 0. The van der Waals surface area contributed by atoms with Crippen molar-refractivity contribution in [3.63, 3.8) is 0 Å². The van der Waals surface area contributed by atoms with E-state index < -0.39 is 24.6 Å². The molecule has 0 saturated heterocycles. The van der Waals surface area contributed by atoms with Crippen LogP contribution in [0.1, 0.15) is 0 Å². The molecule has 0 amide bonds. The van der Waals surface area contributed by atoms with Gasteiger partial charge in [-0.15, -0.1) is 0 Å². The fourth-order valence-electron chi connectivity index (χ4n) is 0. The Morgan fingerprint density at radius 3 is 0.571 bits per heavy atom. The molecule has 0 saturated carbocycles. The van der Waals surface area contributed by atoms with E-state index in [9.17, 15) is 0 Å². The molecule has 0 rings (SSSR count). The van der Waals surface area contributed by atoms with Gasteiger partial charge in [0.2, 0.25) is 0 Å². The standard InChI is InChI=1S/6ClH.Eu/h6*1H;/q;;;;;;+6/p-6. The van der Waals surface area contributed by atoms with Crippen LogP contribution in [0.25, 0.3) is 0 Å². The van der Waals surface area contributed by atoms with Crippen molar-refractivity contribution in [2.75, 3.05) is 0 Å². The van der Waals surface area contributed by atoms with E-state index in [4.69, 9.17) is 24.9 Å². The molecule has 0 aliphatic rings. The van der Waals surface area contributed by atoms with Gasteiger partial charge in [-0.25, -0.2) is 0 Å². The van der Waals surface area contributed by atoms with Crippen LogP contribution < -0.4 is 0 Å². The van der Waals surface area contributed by atoms with Crippen molar-refractivity contribution in [1.29, 1.82) is 0 Å². The summed E-state index contributed by atoms with van der Waals surface area (Å²) in [6.07, 6.45) is 0. The van der Waals surface area contributed by atoms with Crippen molar-refractivity contribution in [3.8, 4) is 0 Å². The van der Waals surface area contributed by atoms with Gasteiger partial charge in [0.05, 0.1) is 0 Å². The molecule has 0 bridgehead atoms. The van der Waals surface area contributed by atoms with Gasteiger partial charge < -0.3 is 0 Å². The Hall–Kier alpha value is 3.32. The van der Waals surface area contributed by atoms with Crippen molar-refractivity contribution in [2.45, 2.75) is 0 Å². The quantitative estimate of drug-likeness (QED) is 0.606. The predicted octanol–water partition coefficient (Wildman–Crippen LogP) is 4.14. The van der Waals surface area contributed by atoms with Crippen LogP contribution in [-0.2, 0) is 0 Å². The first-order valence-electron chi connectivity index (χ1n) is 0.857. The fourth-order valence-corrected chi connectivity index (χ4v) is 0. The summed E-state index contributed by atoms with van der Waals surface area (Å²) in [5, 5.41) is 0. The molecule has 0 N–H and O–H groups in total. The van der Waals surface area contributed by atoms with Gasteiger partial charge in [-0.2, -0.15) is 0 Å². The van der Waals surface area contributed by atoms with E-state index in [0.29, 0.717) is 0 Å². The first kappa shape index (κ1) is 10.3. The normalized spacial score (nSPS) is 23.1. The van der Waals surface area contributed by atoms with E-state index in [-0.39, 0.29) is 0 Å². The number of hydrogen-bond acceptors (Lipinski definition) is 0. The molecular formula is Cl6Eu. The third kappa shape index (κ3) is 45.3. The Morgan fingerprint density at radius 2 is 0.571 bits per heavy atom. The molecule has 0 unspecified atom stereocenters.